The molecule has 0 heterocycles. The minimum atomic E-state index is 0. The van der Waals surface area contributed by atoms with Crippen molar-refractivity contribution >= 4 is 15.9 Å². The van der Waals surface area contributed by atoms with Crippen molar-refractivity contribution in [3.8, 4) is 10.8 Å². The molecule has 0 fully saturated rings. The summed E-state index contributed by atoms with van der Waals surface area (Å²) in [5.41, 5.74) is 2.01. The third-order valence-corrected chi connectivity index (χ3v) is 0.906. The molecule has 0 aliphatic carbocycles. The Morgan fingerprint density at radius 1 is 1.56 bits per heavy atom. The fourth-order valence-electron chi connectivity index (χ4n) is 0.267. The number of hydrogen-bond donors (Lipinski definition) is 1. The number of halogens is 2. The lowest BCUT2D eigenvalue weighted by Gasteiger charge is -2.02. The summed E-state index contributed by atoms with van der Waals surface area (Å²) in [7, 11) is 3.96. The highest BCUT2D eigenvalue weighted by atomic mass is 79.9. The van der Waals surface area contributed by atoms with E-state index >= 15 is 0 Å². The Balaban J connectivity index is 0. The standard InChI is InChI=1S/C5H9BrN2.BrH/c1-8(2)7-5-3-4-6;/h7H,5H2,1-2H3;1H. The smallest absolute Gasteiger partial charge is 0.156 e. The Morgan fingerprint density at radius 2 is 2.11 bits per heavy atom. The van der Waals surface area contributed by atoms with Crippen LogP contribution in [-0.4, -0.2) is 25.6 Å². The molecule has 0 spiro atoms. The van der Waals surface area contributed by atoms with Crippen LogP contribution in [0.15, 0.2) is 0 Å². The molecule has 0 aromatic rings. The van der Waals surface area contributed by atoms with Gasteiger partial charge in [0.15, 0.2) is 6.54 Å². The Labute approximate surface area is 74.9 Å². The highest BCUT2D eigenvalue weighted by Crippen LogP contribution is 1.63. The first kappa shape index (κ1) is 12.1. The molecule has 0 rings (SSSR count). The highest BCUT2D eigenvalue weighted by molar-refractivity contribution is 9.12. The second-order valence-electron chi connectivity index (χ2n) is 1.62. The molecule has 0 saturated heterocycles. The predicted molar refractivity (Wildman–Crippen MR) is 37.2 cm³/mol. The SMILES string of the molecule is CN(C)[NH2+]CC#CBr.[Br-]. The minimum Gasteiger partial charge on any atom is -1.00 e. The Morgan fingerprint density at radius 3 is 2.44 bits per heavy atom. The summed E-state index contributed by atoms with van der Waals surface area (Å²) in [4.78, 5) is 2.63. The average molecular weight is 258 g/mol. The lowest BCUT2D eigenvalue weighted by Crippen LogP contribution is -3.00. The van der Waals surface area contributed by atoms with Gasteiger partial charge in [0, 0.05) is 30.0 Å². The van der Waals surface area contributed by atoms with Crippen molar-refractivity contribution in [3.05, 3.63) is 0 Å². The summed E-state index contributed by atoms with van der Waals surface area (Å²) in [6.07, 6.45) is 0. The first-order valence-corrected chi connectivity index (χ1v) is 3.15. The van der Waals surface area contributed by atoms with Crippen LogP contribution in [0.1, 0.15) is 0 Å². The molecule has 54 valence electrons. The summed E-state index contributed by atoms with van der Waals surface area (Å²) >= 11 is 3.00. The zero-order valence-electron chi connectivity index (χ0n) is 5.49. The number of hydrogen-bond acceptors (Lipinski definition) is 1. The fraction of sp³-hybridized carbons (Fsp3) is 0.600. The lowest BCUT2D eigenvalue weighted by atomic mass is 10.7. The predicted octanol–water partition coefficient (Wildman–Crippen LogP) is -3.61. The van der Waals surface area contributed by atoms with E-state index in [0.29, 0.717) is 0 Å². The van der Waals surface area contributed by atoms with Crippen LogP contribution in [0.4, 0.5) is 0 Å². The van der Waals surface area contributed by atoms with Gasteiger partial charge >= 0.3 is 0 Å². The topological polar surface area (TPSA) is 19.9 Å². The van der Waals surface area contributed by atoms with E-state index in [9.17, 15) is 0 Å². The molecule has 0 atom stereocenters. The minimum absolute atomic E-state index is 0. The summed E-state index contributed by atoms with van der Waals surface area (Å²) < 4.78 is 0. The van der Waals surface area contributed by atoms with E-state index in [0.717, 1.165) is 6.54 Å². The molecular formula is C5H10Br2N2. The summed E-state index contributed by atoms with van der Waals surface area (Å²) in [6, 6.07) is 0. The van der Waals surface area contributed by atoms with E-state index in [-0.39, 0.29) is 17.0 Å². The highest BCUT2D eigenvalue weighted by Gasteiger charge is 1.83. The van der Waals surface area contributed by atoms with Gasteiger partial charge in [-0.25, -0.2) is 0 Å². The van der Waals surface area contributed by atoms with Crippen LogP contribution in [0.2, 0.25) is 0 Å². The van der Waals surface area contributed by atoms with Crippen molar-refractivity contribution < 1.29 is 22.4 Å². The molecule has 0 amide bonds. The van der Waals surface area contributed by atoms with E-state index < -0.39 is 0 Å². The van der Waals surface area contributed by atoms with E-state index in [4.69, 9.17) is 0 Å². The summed E-state index contributed by atoms with van der Waals surface area (Å²) in [6.45, 7) is 0.818. The zero-order chi connectivity index (χ0) is 6.41. The van der Waals surface area contributed by atoms with Crippen LogP contribution < -0.4 is 22.4 Å². The molecule has 0 aliphatic rings. The van der Waals surface area contributed by atoms with Crippen LogP contribution >= 0.6 is 15.9 Å². The maximum atomic E-state index is 3.00. The number of nitrogens with two attached hydrogens (primary N) is 1. The Bertz CT molecular complexity index is 103. The largest absolute Gasteiger partial charge is 1.00 e. The van der Waals surface area contributed by atoms with Crippen molar-refractivity contribution in [1.82, 2.24) is 5.01 Å². The van der Waals surface area contributed by atoms with Gasteiger partial charge in [-0.15, -0.1) is 0 Å². The van der Waals surface area contributed by atoms with Crippen LogP contribution in [0.5, 0.6) is 0 Å². The van der Waals surface area contributed by atoms with Gasteiger partial charge in [-0.05, 0) is 10.8 Å². The van der Waals surface area contributed by atoms with Crippen molar-refractivity contribution in [3.63, 3.8) is 0 Å². The third kappa shape index (κ3) is 11.8. The van der Waals surface area contributed by atoms with Crippen molar-refractivity contribution in [2.24, 2.45) is 0 Å². The van der Waals surface area contributed by atoms with E-state index in [2.05, 4.69) is 26.7 Å². The first-order chi connectivity index (χ1) is 3.77. The maximum Gasteiger partial charge on any atom is 0.156 e. The van der Waals surface area contributed by atoms with Gasteiger partial charge in [-0.3, -0.25) is 5.43 Å². The molecule has 2 nitrogen and oxygen atoms in total. The monoisotopic (exact) mass is 256 g/mol. The summed E-state index contributed by atoms with van der Waals surface area (Å²) in [5, 5.41) is 1.98. The third-order valence-electron chi connectivity index (χ3n) is 0.625. The second-order valence-corrected chi connectivity index (χ2v) is 2.02. The van der Waals surface area contributed by atoms with Crippen LogP contribution in [0.25, 0.3) is 0 Å². The summed E-state index contributed by atoms with van der Waals surface area (Å²) in [5.74, 6) is 2.85. The molecule has 0 unspecified atom stereocenters. The molecule has 0 bridgehead atoms. The van der Waals surface area contributed by atoms with Gasteiger partial charge in [0.1, 0.15) is 0 Å². The second kappa shape index (κ2) is 8.44. The fourth-order valence-corrected chi connectivity index (χ4v) is 0.429. The number of quaternary nitrogens is 1. The van der Waals surface area contributed by atoms with Gasteiger partial charge in [-0.1, -0.05) is 0 Å². The quantitative estimate of drug-likeness (QED) is 0.308. The van der Waals surface area contributed by atoms with Gasteiger partial charge < -0.3 is 17.0 Å². The number of rotatable bonds is 2. The molecule has 0 aromatic carbocycles. The number of nitrogens with zero attached hydrogens (tertiary/aromatic N) is 1. The lowest BCUT2D eigenvalue weighted by molar-refractivity contribution is -0.786. The van der Waals surface area contributed by atoms with Crippen molar-refractivity contribution in [2.75, 3.05) is 20.6 Å². The van der Waals surface area contributed by atoms with Crippen LogP contribution in [0, 0.1) is 10.8 Å². The average Bonchev–Trinajstić information content (AvgIpc) is 1.66. The van der Waals surface area contributed by atoms with Crippen LogP contribution in [-0.2, 0) is 0 Å². The first-order valence-electron chi connectivity index (χ1n) is 2.35. The van der Waals surface area contributed by atoms with Crippen LogP contribution in [0.3, 0.4) is 0 Å². The Kier molecular flexibility index (Phi) is 11.4. The molecule has 9 heavy (non-hydrogen) atoms. The Hall–Kier alpha value is 0.440. The molecule has 0 saturated carbocycles. The van der Waals surface area contributed by atoms with Gasteiger partial charge in [-0.2, -0.15) is 5.01 Å². The molecule has 0 aliphatic heterocycles. The van der Waals surface area contributed by atoms with E-state index in [1.54, 1.807) is 0 Å². The van der Waals surface area contributed by atoms with E-state index in [1.807, 2.05) is 24.5 Å². The molecule has 0 aromatic heterocycles. The zero-order valence-corrected chi connectivity index (χ0v) is 8.66. The maximum absolute atomic E-state index is 3.00. The van der Waals surface area contributed by atoms with Crippen molar-refractivity contribution in [1.29, 1.82) is 0 Å². The molecule has 0 radical (unpaired) electrons. The van der Waals surface area contributed by atoms with Gasteiger partial charge in [0.25, 0.3) is 0 Å². The molecular weight excluding hydrogens is 248 g/mol. The van der Waals surface area contributed by atoms with Gasteiger partial charge in [0.05, 0.1) is 0 Å². The van der Waals surface area contributed by atoms with Crippen molar-refractivity contribution in [2.45, 2.75) is 0 Å². The van der Waals surface area contributed by atoms with Gasteiger partial charge in [0.2, 0.25) is 0 Å². The molecule has 4 heteroatoms. The van der Waals surface area contributed by atoms with E-state index in [1.165, 1.54) is 0 Å². The normalized spacial score (nSPS) is 7.56. The molecule has 2 N–H and O–H groups in total.